The number of morpholine rings is 1. The van der Waals surface area contributed by atoms with E-state index in [9.17, 15) is 18.0 Å². The third-order valence-electron chi connectivity index (χ3n) is 8.13. The molecule has 4 aromatic carbocycles. The minimum absolute atomic E-state index is 0.00595. The Balaban J connectivity index is 1.29. The standard InChI is InChI=1S/C37H38ClF3N2O3/c38-36-31(15-8-17-34(36)37(39,40)41)26-42(27-33(29-11-3-1-4-12-29)30-13-5-2-6-14-30)18-9-21-46-32-16-7-10-28(24-32)25-35(44)43-19-22-45-23-20-43/h1-8,10-17,24,33H,9,18-23,25-27H2. The largest absolute Gasteiger partial charge is 0.494 e. The molecule has 9 heteroatoms. The van der Waals surface area contributed by atoms with Crippen molar-refractivity contribution < 1.29 is 27.4 Å². The van der Waals surface area contributed by atoms with Crippen LogP contribution < -0.4 is 4.74 Å². The van der Waals surface area contributed by atoms with Crippen molar-refractivity contribution in [1.82, 2.24) is 9.80 Å². The lowest BCUT2D eigenvalue weighted by Crippen LogP contribution is -2.41. The van der Waals surface area contributed by atoms with E-state index in [0.29, 0.717) is 70.2 Å². The van der Waals surface area contributed by atoms with Crippen molar-refractivity contribution >= 4 is 17.5 Å². The molecule has 46 heavy (non-hydrogen) atoms. The number of carbonyl (C=O) groups is 1. The highest BCUT2D eigenvalue weighted by molar-refractivity contribution is 6.32. The summed E-state index contributed by atoms with van der Waals surface area (Å²) in [5.74, 6) is 0.732. The Morgan fingerprint density at radius 3 is 2.20 bits per heavy atom. The number of halogens is 4. The molecule has 1 saturated heterocycles. The molecular formula is C37H38ClF3N2O3. The van der Waals surface area contributed by atoms with Crippen molar-refractivity contribution in [3.8, 4) is 5.75 Å². The Morgan fingerprint density at radius 1 is 0.891 bits per heavy atom. The van der Waals surface area contributed by atoms with Gasteiger partial charge in [0.25, 0.3) is 0 Å². The van der Waals surface area contributed by atoms with Crippen molar-refractivity contribution in [3.63, 3.8) is 0 Å². The molecule has 0 spiro atoms. The summed E-state index contributed by atoms with van der Waals surface area (Å²) in [6, 6.07) is 31.9. The zero-order valence-corrected chi connectivity index (χ0v) is 26.4. The van der Waals surface area contributed by atoms with Gasteiger partial charge in [-0.25, -0.2) is 0 Å². The number of benzene rings is 4. The maximum absolute atomic E-state index is 13.7. The maximum atomic E-state index is 13.7. The molecule has 1 fully saturated rings. The van der Waals surface area contributed by atoms with Gasteiger partial charge in [0.2, 0.25) is 5.91 Å². The number of hydrogen-bond donors (Lipinski definition) is 0. The van der Waals surface area contributed by atoms with Crippen LogP contribution in [0.25, 0.3) is 0 Å². The second-order valence-electron chi connectivity index (χ2n) is 11.4. The number of ether oxygens (including phenoxy) is 2. The summed E-state index contributed by atoms with van der Waals surface area (Å²) in [5.41, 5.74) is 2.71. The smallest absolute Gasteiger partial charge is 0.417 e. The Bertz CT molecular complexity index is 1510. The molecule has 0 saturated carbocycles. The van der Waals surface area contributed by atoms with Crippen LogP contribution in [0.4, 0.5) is 13.2 Å². The number of amides is 1. The second kappa shape index (κ2) is 16.1. The topological polar surface area (TPSA) is 42.0 Å². The van der Waals surface area contributed by atoms with Crippen LogP contribution in [0.1, 0.15) is 40.2 Å². The van der Waals surface area contributed by atoms with E-state index in [-0.39, 0.29) is 23.4 Å². The summed E-state index contributed by atoms with van der Waals surface area (Å²) in [6.45, 7) is 4.11. The van der Waals surface area contributed by atoms with Crippen LogP contribution in [0.2, 0.25) is 5.02 Å². The average Bonchev–Trinajstić information content (AvgIpc) is 3.07. The van der Waals surface area contributed by atoms with E-state index in [4.69, 9.17) is 21.1 Å². The highest BCUT2D eigenvalue weighted by atomic mass is 35.5. The molecule has 0 radical (unpaired) electrons. The zero-order chi connectivity index (χ0) is 32.4. The first-order chi connectivity index (χ1) is 22.3. The van der Waals surface area contributed by atoms with Crippen molar-refractivity contribution in [2.75, 3.05) is 46.0 Å². The zero-order valence-electron chi connectivity index (χ0n) is 25.6. The van der Waals surface area contributed by atoms with Gasteiger partial charge >= 0.3 is 6.18 Å². The van der Waals surface area contributed by atoms with E-state index in [0.717, 1.165) is 22.8 Å². The third-order valence-corrected chi connectivity index (χ3v) is 8.57. The summed E-state index contributed by atoms with van der Waals surface area (Å²) in [7, 11) is 0. The quantitative estimate of drug-likeness (QED) is 0.138. The van der Waals surface area contributed by atoms with Gasteiger partial charge in [-0.3, -0.25) is 9.69 Å². The molecule has 5 rings (SSSR count). The van der Waals surface area contributed by atoms with Gasteiger partial charge in [0.05, 0.1) is 36.8 Å². The van der Waals surface area contributed by atoms with E-state index in [1.54, 1.807) is 6.07 Å². The molecule has 0 unspecified atom stereocenters. The van der Waals surface area contributed by atoms with Gasteiger partial charge < -0.3 is 14.4 Å². The third kappa shape index (κ3) is 9.34. The fourth-order valence-corrected chi connectivity index (χ4v) is 6.04. The molecule has 5 nitrogen and oxygen atoms in total. The molecule has 4 aromatic rings. The van der Waals surface area contributed by atoms with Gasteiger partial charge in [-0.15, -0.1) is 0 Å². The first-order valence-electron chi connectivity index (χ1n) is 15.5. The van der Waals surface area contributed by atoms with E-state index in [2.05, 4.69) is 29.2 Å². The molecule has 0 atom stereocenters. The molecular weight excluding hydrogens is 613 g/mol. The fraction of sp³-hybridized carbons (Fsp3) is 0.324. The molecule has 0 aromatic heterocycles. The number of hydrogen-bond acceptors (Lipinski definition) is 4. The minimum atomic E-state index is -4.54. The van der Waals surface area contributed by atoms with Crippen LogP contribution in [0, 0.1) is 0 Å². The molecule has 0 aliphatic carbocycles. The number of carbonyl (C=O) groups excluding carboxylic acids is 1. The molecule has 1 aliphatic heterocycles. The van der Waals surface area contributed by atoms with Crippen molar-refractivity contribution in [3.05, 3.63) is 136 Å². The maximum Gasteiger partial charge on any atom is 0.417 e. The van der Waals surface area contributed by atoms with Crippen molar-refractivity contribution in [1.29, 1.82) is 0 Å². The van der Waals surface area contributed by atoms with Crippen molar-refractivity contribution in [2.24, 2.45) is 0 Å². The SMILES string of the molecule is O=C(Cc1cccc(OCCCN(Cc2cccc(C(F)(F)F)c2Cl)CC(c2ccccc2)c2ccccc2)c1)N1CCOCC1. The number of nitrogens with zero attached hydrogens (tertiary/aromatic N) is 2. The van der Waals surface area contributed by atoms with E-state index < -0.39 is 11.7 Å². The van der Waals surface area contributed by atoms with Gasteiger partial charge in [-0.2, -0.15) is 13.2 Å². The average molecular weight is 651 g/mol. The highest BCUT2D eigenvalue weighted by Crippen LogP contribution is 2.37. The fourth-order valence-electron chi connectivity index (χ4n) is 5.75. The first-order valence-corrected chi connectivity index (χ1v) is 15.9. The summed E-state index contributed by atoms with van der Waals surface area (Å²) < 4.78 is 52.5. The number of alkyl halides is 3. The summed E-state index contributed by atoms with van der Waals surface area (Å²) in [5, 5.41) is -0.268. The Labute approximate surface area is 273 Å². The lowest BCUT2D eigenvalue weighted by molar-refractivity contribution is -0.137. The Hall–Kier alpha value is -3.85. The lowest BCUT2D eigenvalue weighted by Gasteiger charge is -2.29. The van der Waals surface area contributed by atoms with Crippen LogP contribution in [-0.2, 0) is 28.7 Å². The van der Waals surface area contributed by atoms with Gasteiger partial charge in [0, 0.05) is 38.6 Å². The summed E-state index contributed by atoms with van der Waals surface area (Å²) >= 11 is 6.35. The van der Waals surface area contributed by atoms with Crippen LogP contribution in [0.3, 0.4) is 0 Å². The van der Waals surface area contributed by atoms with E-state index in [1.165, 1.54) is 6.07 Å². The number of rotatable bonds is 13. The van der Waals surface area contributed by atoms with E-state index >= 15 is 0 Å². The van der Waals surface area contributed by atoms with Gasteiger partial charge in [-0.05, 0) is 46.9 Å². The van der Waals surface area contributed by atoms with Crippen LogP contribution in [0.15, 0.2) is 103 Å². The van der Waals surface area contributed by atoms with Gasteiger partial charge in [0.1, 0.15) is 5.75 Å². The normalized spacial score (nSPS) is 13.7. The molecule has 1 amide bonds. The monoisotopic (exact) mass is 650 g/mol. The van der Waals surface area contributed by atoms with Crippen molar-refractivity contribution in [2.45, 2.75) is 31.5 Å². The molecule has 1 heterocycles. The molecule has 0 bridgehead atoms. The predicted molar refractivity (Wildman–Crippen MR) is 174 cm³/mol. The first kappa shape index (κ1) is 33.5. The van der Waals surface area contributed by atoms with Gasteiger partial charge in [-0.1, -0.05) is 96.5 Å². The minimum Gasteiger partial charge on any atom is -0.494 e. The van der Waals surface area contributed by atoms with Crippen LogP contribution >= 0.6 is 11.6 Å². The Kier molecular flexibility index (Phi) is 11.7. The molecule has 0 N–H and O–H groups in total. The van der Waals surface area contributed by atoms with Crippen LogP contribution in [0.5, 0.6) is 5.75 Å². The summed E-state index contributed by atoms with van der Waals surface area (Å²) in [6.07, 6.45) is -3.61. The molecule has 242 valence electrons. The van der Waals surface area contributed by atoms with Crippen LogP contribution in [-0.4, -0.2) is 61.7 Å². The summed E-state index contributed by atoms with van der Waals surface area (Å²) in [4.78, 5) is 16.7. The predicted octanol–water partition coefficient (Wildman–Crippen LogP) is 7.86. The molecule has 1 aliphatic rings. The lowest BCUT2D eigenvalue weighted by atomic mass is 9.90. The highest BCUT2D eigenvalue weighted by Gasteiger charge is 2.34. The Morgan fingerprint density at radius 2 is 1.54 bits per heavy atom. The van der Waals surface area contributed by atoms with Gasteiger partial charge in [0.15, 0.2) is 0 Å². The van der Waals surface area contributed by atoms with E-state index in [1.807, 2.05) is 65.6 Å². The second-order valence-corrected chi connectivity index (χ2v) is 11.8.